The lowest BCUT2D eigenvalue weighted by atomic mass is 9.53. The Labute approximate surface area is 213 Å². The molecule has 2 N–H and O–H groups in total. The van der Waals surface area contributed by atoms with E-state index in [4.69, 9.17) is 4.74 Å². The van der Waals surface area contributed by atoms with Crippen molar-refractivity contribution in [2.45, 2.75) is 82.7 Å². The first-order valence-electron chi connectivity index (χ1n) is 13.6. The quantitative estimate of drug-likeness (QED) is 0.377. The summed E-state index contributed by atoms with van der Waals surface area (Å²) in [5, 5.41) is 6.33. The van der Waals surface area contributed by atoms with Gasteiger partial charge >= 0.3 is 0 Å². The third-order valence-electron chi connectivity index (χ3n) is 8.59. The Balaban J connectivity index is 1.29. The summed E-state index contributed by atoms with van der Waals surface area (Å²) in [6.07, 6.45) is 10.1. The van der Waals surface area contributed by atoms with Gasteiger partial charge in [-0.15, -0.1) is 0 Å². The summed E-state index contributed by atoms with van der Waals surface area (Å²) >= 11 is 0. The summed E-state index contributed by atoms with van der Waals surface area (Å²) in [7, 11) is 1.63. The second-order valence-corrected chi connectivity index (χ2v) is 11.5. The number of hydrogen-bond acceptors (Lipinski definition) is 3. The summed E-state index contributed by atoms with van der Waals surface area (Å²) in [6, 6.07) is 9.99. The molecule has 6 rings (SSSR count). The monoisotopic (exact) mass is 496 g/mol. The summed E-state index contributed by atoms with van der Waals surface area (Å²) in [5.41, 5.74) is 0.784. The van der Waals surface area contributed by atoms with Crippen LogP contribution in [0.2, 0.25) is 0 Å². The Morgan fingerprint density at radius 1 is 1.06 bits per heavy atom. The number of halogens is 2. The van der Waals surface area contributed by atoms with E-state index in [-0.39, 0.29) is 22.8 Å². The molecule has 0 radical (unpaired) electrons. The highest BCUT2D eigenvalue weighted by Crippen LogP contribution is 2.56. The summed E-state index contributed by atoms with van der Waals surface area (Å²) < 4.78 is 35.8. The van der Waals surface area contributed by atoms with Crippen molar-refractivity contribution < 1.29 is 18.3 Å². The summed E-state index contributed by atoms with van der Waals surface area (Å²) in [5.74, 6) is 0.957. The van der Waals surface area contributed by atoms with Crippen molar-refractivity contribution in [3.8, 4) is 5.75 Å². The lowest BCUT2D eigenvalue weighted by Crippen LogP contribution is -2.55. The van der Waals surface area contributed by atoms with Gasteiger partial charge in [0.05, 0.1) is 7.11 Å². The predicted molar refractivity (Wildman–Crippen MR) is 138 cm³/mol. The molecule has 4 nitrogen and oxygen atoms in total. The number of hydrogen-bond donors (Lipinski definition) is 2. The van der Waals surface area contributed by atoms with E-state index in [2.05, 4.69) is 17.6 Å². The zero-order valence-electron chi connectivity index (χ0n) is 21.4. The number of carbonyl (C=O) groups is 1. The van der Waals surface area contributed by atoms with Crippen molar-refractivity contribution in [2.75, 3.05) is 12.4 Å². The van der Waals surface area contributed by atoms with E-state index in [1.54, 1.807) is 7.11 Å². The predicted octanol–water partition coefficient (Wildman–Crippen LogP) is 6.89. The highest BCUT2D eigenvalue weighted by molar-refractivity contribution is 5.94. The minimum atomic E-state index is -0.686. The topological polar surface area (TPSA) is 50.4 Å². The molecule has 1 amide bonds. The van der Waals surface area contributed by atoms with Crippen LogP contribution >= 0.6 is 0 Å². The molecule has 0 heterocycles. The Morgan fingerprint density at radius 2 is 1.69 bits per heavy atom. The van der Waals surface area contributed by atoms with Gasteiger partial charge in [0.15, 0.2) is 0 Å². The van der Waals surface area contributed by atoms with Crippen molar-refractivity contribution in [1.82, 2.24) is 5.32 Å². The number of anilines is 1. The van der Waals surface area contributed by atoms with Gasteiger partial charge in [-0.1, -0.05) is 31.9 Å². The van der Waals surface area contributed by atoms with Gasteiger partial charge in [0.25, 0.3) is 5.91 Å². The number of ether oxygens (including phenoxy) is 1. The van der Waals surface area contributed by atoms with Crippen molar-refractivity contribution in [2.24, 2.45) is 17.8 Å². The van der Waals surface area contributed by atoms with Crippen LogP contribution in [0.15, 0.2) is 36.4 Å². The molecule has 4 saturated carbocycles. The molecule has 2 aromatic carbocycles. The van der Waals surface area contributed by atoms with E-state index in [1.807, 2.05) is 24.3 Å². The average Bonchev–Trinajstić information content (AvgIpc) is 2.84. The highest BCUT2D eigenvalue weighted by atomic mass is 19.1. The molecule has 4 fully saturated rings. The lowest BCUT2D eigenvalue weighted by Gasteiger charge is -2.57. The number of benzene rings is 2. The number of carbonyl (C=O) groups excluding carboxylic acids is 1. The van der Waals surface area contributed by atoms with Crippen molar-refractivity contribution in [3.05, 3.63) is 59.2 Å². The first kappa shape index (κ1) is 25.0. The fourth-order valence-electron chi connectivity index (χ4n) is 7.38. The van der Waals surface area contributed by atoms with Crippen LogP contribution in [0.25, 0.3) is 0 Å². The molecule has 0 unspecified atom stereocenters. The number of unbranched alkanes of at least 4 members (excludes halogenated alkanes) is 1. The number of rotatable bonds is 10. The van der Waals surface area contributed by atoms with Gasteiger partial charge in [-0.25, -0.2) is 8.78 Å². The van der Waals surface area contributed by atoms with Crippen LogP contribution in [0.1, 0.15) is 80.6 Å². The Morgan fingerprint density at radius 3 is 2.28 bits per heavy atom. The molecule has 6 heteroatoms. The molecule has 0 aliphatic heterocycles. The van der Waals surface area contributed by atoms with E-state index < -0.39 is 17.5 Å². The van der Waals surface area contributed by atoms with Crippen molar-refractivity contribution in [3.63, 3.8) is 0 Å². The Kier molecular flexibility index (Phi) is 7.23. The molecule has 4 aliphatic rings. The molecular weight excluding hydrogens is 458 g/mol. The van der Waals surface area contributed by atoms with Crippen LogP contribution < -0.4 is 15.4 Å². The second kappa shape index (κ2) is 10.4. The first-order valence-corrected chi connectivity index (χ1v) is 13.6. The van der Waals surface area contributed by atoms with Gasteiger partial charge in [0, 0.05) is 17.1 Å². The maximum Gasteiger partial charge on any atom is 0.251 e. The van der Waals surface area contributed by atoms with Crippen LogP contribution in [-0.2, 0) is 6.42 Å². The third kappa shape index (κ3) is 5.37. The fourth-order valence-corrected chi connectivity index (χ4v) is 7.38. The smallest absolute Gasteiger partial charge is 0.251 e. The lowest BCUT2D eigenvalue weighted by molar-refractivity contribution is 0.0104. The molecule has 2 aromatic rings. The normalized spacial score (nSPS) is 27.1. The largest absolute Gasteiger partial charge is 0.497 e. The Bertz CT molecular complexity index is 1040. The first-order chi connectivity index (χ1) is 17.4. The third-order valence-corrected chi connectivity index (χ3v) is 8.59. The fraction of sp³-hybridized carbons (Fsp3) is 0.567. The van der Waals surface area contributed by atoms with Gasteiger partial charge in [0.2, 0.25) is 0 Å². The maximum atomic E-state index is 15.2. The van der Waals surface area contributed by atoms with Crippen molar-refractivity contribution >= 4 is 11.6 Å². The molecule has 0 spiro atoms. The van der Waals surface area contributed by atoms with E-state index in [1.165, 1.54) is 31.4 Å². The van der Waals surface area contributed by atoms with Crippen LogP contribution in [0, 0.1) is 29.4 Å². The number of methoxy groups -OCH3 is 1. The molecule has 0 aromatic heterocycles. The van der Waals surface area contributed by atoms with Crippen LogP contribution in [0.3, 0.4) is 0 Å². The van der Waals surface area contributed by atoms with Crippen LogP contribution in [-0.4, -0.2) is 24.6 Å². The molecule has 194 valence electrons. The van der Waals surface area contributed by atoms with Gasteiger partial charge in [0.1, 0.15) is 23.1 Å². The highest BCUT2D eigenvalue weighted by Gasteiger charge is 2.51. The van der Waals surface area contributed by atoms with E-state index in [0.717, 1.165) is 49.8 Å². The van der Waals surface area contributed by atoms with Crippen LogP contribution in [0.5, 0.6) is 5.75 Å². The van der Waals surface area contributed by atoms with Gasteiger partial charge in [-0.2, -0.15) is 0 Å². The van der Waals surface area contributed by atoms with Gasteiger partial charge in [-0.05, 0) is 98.9 Å². The van der Waals surface area contributed by atoms with Gasteiger partial charge < -0.3 is 15.4 Å². The number of nitrogens with one attached hydrogen (secondary N) is 2. The average molecular weight is 497 g/mol. The number of amides is 1. The zero-order chi connectivity index (χ0) is 25.3. The second-order valence-electron chi connectivity index (χ2n) is 11.5. The summed E-state index contributed by atoms with van der Waals surface area (Å²) in [4.78, 5) is 13.1. The molecule has 4 aliphatic carbocycles. The molecule has 0 saturated heterocycles. The van der Waals surface area contributed by atoms with Gasteiger partial charge in [-0.3, -0.25) is 4.79 Å². The molecular formula is C30H38F2N2O2. The molecule has 4 bridgehead atoms. The minimum Gasteiger partial charge on any atom is -0.497 e. The zero-order valence-corrected chi connectivity index (χ0v) is 21.4. The SMILES string of the molecule is CCCC[C@@H](Cc1cccc(OC)c1)NC(=O)c1cc(F)c(NC23CC4CC(CC(C4)C2)C3)c(F)c1. The van der Waals surface area contributed by atoms with Crippen molar-refractivity contribution in [1.29, 1.82) is 0 Å². The summed E-state index contributed by atoms with van der Waals surface area (Å²) in [6.45, 7) is 2.10. The van der Waals surface area contributed by atoms with E-state index >= 15 is 8.78 Å². The molecule has 1 atom stereocenters. The van der Waals surface area contributed by atoms with E-state index in [9.17, 15) is 4.79 Å². The Hall–Kier alpha value is -2.63. The minimum absolute atomic E-state index is 0.0215. The van der Waals surface area contributed by atoms with Crippen LogP contribution in [0.4, 0.5) is 14.5 Å². The standard InChI is InChI=1S/C30H38F2N2O2/c1-3-4-7-24(12-19-6-5-8-25(13-19)36-2)33-29(35)23-14-26(31)28(27(32)15-23)34-30-16-20-9-21(17-30)11-22(10-20)18-30/h5-6,8,13-15,20-22,24,34H,3-4,7,9-12,16-18H2,1-2H3,(H,33,35)/t20?,21?,22?,24-,30?/m0/s1. The van der Waals surface area contributed by atoms with E-state index in [0.29, 0.717) is 24.2 Å². The maximum absolute atomic E-state index is 15.2. The molecule has 36 heavy (non-hydrogen) atoms.